The predicted molar refractivity (Wildman–Crippen MR) is 149 cm³/mol. The van der Waals surface area contributed by atoms with Crippen LogP contribution in [0, 0.1) is 22.0 Å². The third-order valence-corrected chi connectivity index (χ3v) is 8.48. The molecule has 37 heavy (non-hydrogen) atoms. The van der Waals surface area contributed by atoms with Crippen LogP contribution in [0.25, 0.3) is 16.2 Å². The van der Waals surface area contributed by atoms with Gasteiger partial charge in [0.05, 0.1) is 9.62 Å². The molecule has 8 nitrogen and oxygen atoms in total. The monoisotopic (exact) mass is 519 g/mol. The summed E-state index contributed by atoms with van der Waals surface area (Å²) in [6, 6.07) is 14.7. The van der Waals surface area contributed by atoms with Gasteiger partial charge in [-0.3, -0.25) is 19.8 Å². The fraction of sp³-hybridized carbons (Fsp3) is 0.429. The van der Waals surface area contributed by atoms with Gasteiger partial charge in [0.2, 0.25) is 5.91 Å². The lowest BCUT2D eigenvalue weighted by atomic mass is 9.78. The Hall–Kier alpha value is -3.30. The summed E-state index contributed by atoms with van der Waals surface area (Å²) in [4.78, 5) is 27.8. The number of nitrogens with one attached hydrogen (secondary N) is 1. The second-order valence-electron chi connectivity index (χ2n) is 10.0. The highest BCUT2D eigenvalue weighted by Crippen LogP contribution is 2.32. The molecule has 0 radical (unpaired) electrons. The van der Waals surface area contributed by atoms with Crippen LogP contribution >= 0.6 is 11.5 Å². The number of anilines is 1. The molecule has 2 aromatic carbocycles. The number of piperazine rings is 1. The standard InChI is InChI=1S/C28H33N5O3S/c34-27(14-11-21-9-12-24(13-10-21)33(35)36)29-19-22-5-1-2-6-23(22)20-31-15-17-32(18-16-31)28-25-7-3-4-8-26(25)37-30-28/h3-4,7-14,22-23H,1-2,5-6,15-20H2,(H,29,34)/b14-11+/t22-,23-/m1/s1. The number of carbonyl (C=O) groups is 1. The third-order valence-electron chi connectivity index (χ3n) is 7.66. The number of aromatic nitrogens is 1. The molecule has 2 heterocycles. The van der Waals surface area contributed by atoms with E-state index in [-0.39, 0.29) is 11.6 Å². The van der Waals surface area contributed by atoms with Crippen molar-refractivity contribution in [1.82, 2.24) is 14.6 Å². The van der Waals surface area contributed by atoms with E-state index in [1.807, 2.05) is 0 Å². The summed E-state index contributed by atoms with van der Waals surface area (Å²) >= 11 is 1.58. The lowest BCUT2D eigenvalue weighted by Crippen LogP contribution is -2.49. The van der Waals surface area contributed by atoms with Crippen molar-refractivity contribution in [2.45, 2.75) is 25.7 Å². The number of nitro groups is 1. The van der Waals surface area contributed by atoms with E-state index in [2.05, 4.69) is 39.4 Å². The molecule has 3 aromatic rings. The van der Waals surface area contributed by atoms with Gasteiger partial charge in [-0.25, -0.2) is 0 Å². The van der Waals surface area contributed by atoms with Crippen molar-refractivity contribution >= 4 is 45.1 Å². The van der Waals surface area contributed by atoms with Gasteiger partial charge < -0.3 is 10.2 Å². The van der Waals surface area contributed by atoms with Gasteiger partial charge in [-0.2, -0.15) is 4.37 Å². The zero-order valence-corrected chi connectivity index (χ0v) is 21.7. The zero-order chi connectivity index (χ0) is 25.6. The van der Waals surface area contributed by atoms with Crippen LogP contribution in [0.5, 0.6) is 0 Å². The second-order valence-corrected chi connectivity index (χ2v) is 10.8. The lowest BCUT2D eigenvalue weighted by Gasteiger charge is -2.40. The summed E-state index contributed by atoms with van der Waals surface area (Å²) in [7, 11) is 0. The molecule has 1 aliphatic carbocycles. The van der Waals surface area contributed by atoms with Crippen molar-refractivity contribution in [2.24, 2.45) is 11.8 Å². The first-order valence-electron chi connectivity index (χ1n) is 13.1. The molecule has 0 bridgehead atoms. The van der Waals surface area contributed by atoms with Crippen LogP contribution in [0.2, 0.25) is 0 Å². The number of nitro benzene ring substituents is 1. The molecule has 1 saturated heterocycles. The molecule has 2 fully saturated rings. The van der Waals surface area contributed by atoms with Crippen molar-refractivity contribution in [3.8, 4) is 0 Å². The van der Waals surface area contributed by atoms with Crippen molar-refractivity contribution < 1.29 is 9.72 Å². The Morgan fingerprint density at radius 2 is 1.78 bits per heavy atom. The third kappa shape index (κ3) is 6.34. The Kier molecular flexibility index (Phi) is 8.11. The molecule has 1 saturated carbocycles. The minimum absolute atomic E-state index is 0.0444. The molecule has 1 aliphatic heterocycles. The van der Waals surface area contributed by atoms with Crippen molar-refractivity contribution in [3.63, 3.8) is 0 Å². The zero-order valence-electron chi connectivity index (χ0n) is 20.9. The van der Waals surface area contributed by atoms with Crippen LogP contribution in [0.3, 0.4) is 0 Å². The van der Waals surface area contributed by atoms with E-state index >= 15 is 0 Å². The molecule has 2 atom stereocenters. The van der Waals surface area contributed by atoms with E-state index in [4.69, 9.17) is 4.37 Å². The molecule has 2 aliphatic rings. The number of hydrogen-bond donors (Lipinski definition) is 1. The summed E-state index contributed by atoms with van der Waals surface area (Å²) in [5, 5.41) is 15.1. The van der Waals surface area contributed by atoms with Crippen LogP contribution in [0.15, 0.2) is 54.6 Å². The average molecular weight is 520 g/mol. The summed E-state index contributed by atoms with van der Waals surface area (Å²) in [6.45, 7) is 5.85. The van der Waals surface area contributed by atoms with E-state index in [9.17, 15) is 14.9 Å². The van der Waals surface area contributed by atoms with E-state index in [1.165, 1.54) is 47.6 Å². The first-order valence-corrected chi connectivity index (χ1v) is 13.9. The van der Waals surface area contributed by atoms with Crippen molar-refractivity contribution in [3.05, 3.63) is 70.3 Å². The second kappa shape index (κ2) is 11.8. The summed E-state index contributed by atoms with van der Waals surface area (Å²) in [6.07, 6.45) is 8.07. The Balaban J connectivity index is 1.10. The largest absolute Gasteiger partial charge is 0.353 e. The van der Waals surface area contributed by atoms with E-state index in [1.54, 1.807) is 29.7 Å². The van der Waals surface area contributed by atoms with Gasteiger partial charge in [-0.05, 0) is 72.1 Å². The van der Waals surface area contributed by atoms with Crippen LogP contribution < -0.4 is 10.2 Å². The summed E-state index contributed by atoms with van der Waals surface area (Å²) < 4.78 is 5.98. The molecule has 0 unspecified atom stereocenters. The van der Waals surface area contributed by atoms with Crippen LogP contribution in [-0.2, 0) is 4.79 Å². The number of benzene rings is 2. The number of rotatable bonds is 8. The number of fused-ring (bicyclic) bond motifs is 1. The minimum atomic E-state index is -0.427. The lowest BCUT2D eigenvalue weighted by molar-refractivity contribution is -0.384. The van der Waals surface area contributed by atoms with Crippen molar-refractivity contribution in [2.75, 3.05) is 44.2 Å². The summed E-state index contributed by atoms with van der Waals surface area (Å²) in [5.41, 5.74) is 0.809. The van der Waals surface area contributed by atoms with E-state index < -0.39 is 4.92 Å². The highest BCUT2D eigenvalue weighted by Gasteiger charge is 2.29. The maximum atomic E-state index is 12.4. The average Bonchev–Trinajstić information content (AvgIpc) is 3.36. The number of nitrogens with zero attached hydrogens (tertiary/aromatic N) is 4. The molecule has 1 aromatic heterocycles. The highest BCUT2D eigenvalue weighted by atomic mass is 32.1. The predicted octanol–water partition coefficient (Wildman–Crippen LogP) is 4.96. The minimum Gasteiger partial charge on any atom is -0.353 e. The molecule has 9 heteroatoms. The highest BCUT2D eigenvalue weighted by molar-refractivity contribution is 7.13. The van der Waals surface area contributed by atoms with Gasteiger partial charge in [-0.15, -0.1) is 0 Å². The maximum absolute atomic E-state index is 12.4. The Bertz CT molecular complexity index is 1250. The number of amides is 1. The topological polar surface area (TPSA) is 91.6 Å². The van der Waals surface area contributed by atoms with E-state index in [0.29, 0.717) is 18.4 Å². The SMILES string of the molecule is O=C(/C=C/c1ccc([N+](=O)[O-])cc1)NC[C@H]1CCCC[C@@H]1CN1CCN(c2nsc3ccccc23)CC1. The quantitative estimate of drug-likeness (QED) is 0.257. The molecule has 1 N–H and O–H groups in total. The first kappa shape index (κ1) is 25.4. The number of non-ortho nitro benzene ring substituents is 1. The molecule has 1 amide bonds. The van der Waals surface area contributed by atoms with Gasteiger partial charge in [0.25, 0.3) is 5.69 Å². The maximum Gasteiger partial charge on any atom is 0.269 e. The molecule has 0 spiro atoms. The van der Waals surface area contributed by atoms with Gasteiger partial charge in [0.1, 0.15) is 5.82 Å². The van der Waals surface area contributed by atoms with Crippen LogP contribution in [-0.4, -0.2) is 59.4 Å². The van der Waals surface area contributed by atoms with Gasteiger partial charge in [0, 0.05) is 62.9 Å². The number of hydrogen-bond acceptors (Lipinski definition) is 7. The van der Waals surface area contributed by atoms with Crippen molar-refractivity contribution in [1.29, 1.82) is 0 Å². The fourth-order valence-corrected chi connectivity index (χ4v) is 6.33. The van der Waals surface area contributed by atoms with Crippen LogP contribution in [0.1, 0.15) is 31.2 Å². The Labute approximate surface area is 221 Å². The first-order chi connectivity index (χ1) is 18.1. The Morgan fingerprint density at radius 1 is 1.05 bits per heavy atom. The number of carbonyl (C=O) groups excluding carboxylic acids is 1. The molecular weight excluding hydrogens is 486 g/mol. The van der Waals surface area contributed by atoms with Crippen LogP contribution in [0.4, 0.5) is 11.5 Å². The fourth-order valence-electron chi connectivity index (χ4n) is 5.54. The van der Waals surface area contributed by atoms with E-state index in [0.717, 1.165) is 50.5 Å². The summed E-state index contributed by atoms with van der Waals surface area (Å²) in [5.74, 6) is 2.09. The van der Waals surface area contributed by atoms with Gasteiger partial charge >= 0.3 is 0 Å². The Morgan fingerprint density at radius 3 is 2.54 bits per heavy atom. The molecular formula is C28H33N5O3S. The molecule has 194 valence electrons. The molecule has 5 rings (SSSR count). The smallest absolute Gasteiger partial charge is 0.269 e. The van der Waals surface area contributed by atoms with Gasteiger partial charge in [-0.1, -0.05) is 25.0 Å². The normalized spacial score (nSPS) is 20.9. The van der Waals surface area contributed by atoms with Gasteiger partial charge in [0.15, 0.2) is 0 Å².